The first-order valence-corrected chi connectivity index (χ1v) is 10.2. The molecule has 0 aliphatic heterocycles. The first-order chi connectivity index (χ1) is 13.4. The normalized spacial score (nSPS) is 53.7. The van der Waals surface area contributed by atoms with Crippen molar-refractivity contribution in [1.82, 2.24) is 0 Å². The van der Waals surface area contributed by atoms with Gasteiger partial charge in [-0.2, -0.15) is 0 Å². The van der Waals surface area contributed by atoms with Crippen LogP contribution in [0.3, 0.4) is 0 Å². The highest BCUT2D eigenvalue weighted by Crippen LogP contribution is 2.70. The maximum absolute atomic E-state index is 16.9. The molecule has 4 rings (SSSR count). The number of carbonyl (C=O) groups excluding carboxylic acids is 2. The zero-order valence-electron chi connectivity index (χ0n) is 16.9. The molecule has 3 saturated carbocycles. The molecule has 0 radical (unpaired) electrons. The molecule has 7 heteroatoms. The molecule has 0 saturated heterocycles. The number of rotatable bonds is 2. The lowest BCUT2D eigenvalue weighted by molar-refractivity contribution is -0.223. The minimum atomic E-state index is -2.24. The maximum atomic E-state index is 16.9. The third kappa shape index (κ3) is 2.19. The molecule has 3 N–H and O–H groups in total. The van der Waals surface area contributed by atoms with E-state index < -0.39 is 70.3 Å². The highest BCUT2D eigenvalue weighted by molar-refractivity contribution is 6.01. The predicted octanol–water partition coefficient (Wildman–Crippen LogP) is 1.84. The summed E-state index contributed by atoms with van der Waals surface area (Å²) in [6.45, 7) is 3.96. The van der Waals surface area contributed by atoms with Crippen LogP contribution in [-0.2, 0) is 9.59 Å². The zero-order chi connectivity index (χ0) is 21.6. The lowest BCUT2D eigenvalue weighted by Crippen LogP contribution is -2.70. The summed E-state index contributed by atoms with van der Waals surface area (Å²) in [5.74, 6) is -3.24. The van der Waals surface area contributed by atoms with Crippen LogP contribution in [-0.4, -0.2) is 57.0 Å². The van der Waals surface area contributed by atoms with E-state index in [1.807, 2.05) is 0 Å². The van der Waals surface area contributed by atoms with Crippen molar-refractivity contribution in [2.45, 2.75) is 63.6 Å². The van der Waals surface area contributed by atoms with E-state index in [0.717, 1.165) is 6.08 Å². The molecule has 9 atom stereocenters. The highest BCUT2D eigenvalue weighted by Gasteiger charge is 2.76. The molecule has 4 aliphatic carbocycles. The Morgan fingerprint density at radius 3 is 2.55 bits per heavy atom. The van der Waals surface area contributed by atoms with Gasteiger partial charge in [-0.1, -0.05) is 19.9 Å². The van der Waals surface area contributed by atoms with E-state index in [4.69, 9.17) is 0 Å². The standard InChI is InChI=1S/C22H28F2O5/c1-11-6-13-14-8-16(23)15-7-12(26)4-5-19(15,2)21(14,24)17(27)9-20(13,3)22(11,29)18(28)10-25/h4-5,7,11,13-14,16-17,25,27,29H,6,8-10H2,1-3H3/t11-,13?,14?,16+,17?,19?,20?,21+,22+/m1/s1. The van der Waals surface area contributed by atoms with Gasteiger partial charge in [0.05, 0.1) is 6.10 Å². The number of ketones is 2. The average Bonchev–Trinajstić information content (AvgIpc) is 2.86. The number of aliphatic hydroxyl groups excluding tert-OH is 2. The summed E-state index contributed by atoms with van der Waals surface area (Å²) in [6, 6.07) is 0. The Bertz CT molecular complexity index is 839. The van der Waals surface area contributed by atoms with E-state index in [1.54, 1.807) is 13.8 Å². The minimum Gasteiger partial charge on any atom is -0.390 e. The lowest BCUT2D eigenvalue weighted by Gasteiger charge is -2.63. The maximum Gasteiger partial charge on any atom is 0.190 e. The molecule has 29 heavy (non-hydrogen) atoms. The third-order valence-corrected chi connectivity index (χ3v) is 8.78. The van der Waals surface area contributed by atoms with Gasteiger partial charge in [0, 0.05) is 16.7 Å². The van der Waals surface area contributed by atoms with Crippen LogP contribution >= 0.6 is 0 Å². The van der Waals surface area contributed by atoms with Crippen LogP contribution in [0.25, 0.3) is 0 Å². The molecule has 0 spiro atoms. The van der Waals surface area contributed by atoms with Crippen LogP contribution in [0.4, 0.5) is 8.78 Å². The van der Waals surface area contributed by atoms with Crippen molar-refractivity contribution in [3.05, 3.63) is 23.8 Å². The summed E-state index contributed by atoms with van der Waals surface area (Å²) in [5.41, 5.74) is -6.81. The fourth-order valence-electron chi connectivity index (χ4n) is 7.25. The minimum absolute atomic E-state index is 0.0409. The Labute approximate surface area is 168 Å². The first kappa shape index (κ1) is 20.8. The van der Waals surface area contributed by atoms with Gasteiger partial charge in [-0.15, -0.1) is 0 Å². The molecule has 0 aromatic heterocycles. The van der Waals surface area contributed by atoms with E-state index >= 15 is 8.78 Å². The molecular weight excluding hydrogens is 382 g/mol. The largest absolute Gasteiger partial charge is 0.390 e. The number of allylic oxidation sites excluding steroid dienone is 4. The van der Waals surface area contributed by atoms with Crippen molar-refractivity contribution >= 4 is 11.6 Å². The first-order valence-electron chi connectivity index (χ1n) is 10.2. The predicted molar refractivity (Wildman–Crippen MR) is 100 cm³/mol. The molecule has 160 valence electrons. The zero-order valence-corrected chi connectivity index (χ0v) is 16.9. The van der Waals surface area contributed by atoms with Crippen molar-refractivity contribution in [2.24, 2.45) is 28.6 Å². The number of aliphatic hydroxyl groups is 3. The number of carbonyl (C=O) groups is 2. The molecular formula is C22H28F2O5. The summed E-state index contributed by atoms with van der Waals surface area (Å²) in [6.07, 6.45) is 0.427. The van der Waals surface area contributed by atoms with Gasteiger partial charge in [0.15, 0.2) is 17.2 Å². The molecule has 0 aromatic carbocycles. The molecule has 0 amide bonds. The number of halogens is 2. The number of hydrogen-bond donors (Lipinski definition) is 3. The van der Waals surface area contributed by atoms with Gasteiger partial charge in [-0.3, -0.25) is 9.59 Å². The van der Waals surface area contributed by atoms with E-state index in [0.29, 0.717) is 0 Å². The molecule has 5 unspecified atom stereocenters. The molecule has 0 aromatic rings. The summed E-state index contributed by atoms with van der Waals surface area (Å²) in [7, 11) is 0. The second-order valence-corrected chi connectivity index (χ2v) is 9.84. The van der Waals surface area contributed by atoms with E-state index in [2.05, 4.69) is 0 Å². The van der Waals surface area contributed by atoms with Gasteiger partial charge in [-0.05, 0) is 55.7 Å². The molecule has 4 aliphatic rings. The van der Waals surface area contributed by atoms with Crippen molar-refractivity contribution in [1.29, 1.82) is 0 Å². The van der Waals surface area contributed by atoms with E-state index in [-0.39, 0.29) is 24.8 Å². The van der Waals surface area contributed by atoms with Crippen LogP contribution < -0.4 is 0 Å². The smallest absolute Gasteiger partial charge is 0.190 e. The van der Waals surface area contributed by atoms with E-state index in [1.165, 1.54) is 19.1 Å². The van der Waals surface area contributed by atoms with Crippen molar-refractivity contribution < 1.29 is 33.7 Å². The van der Waals surface area contributed by atoms with Crippen molar-refractivity contribution in [2.75, 3.05) is 6.61 Å². The van der Waals surface area contributed by atoms with Crippen molar-refractivity contribution in [3.63, 3.8) is 0 Å². The highest BCUT2D eigenvalue weighted by atomic mass is 19.1. The monoisotopic (exact) mass is 410 g/mol. The fourth-order valence-corrected chi connectivity index (χ4v) is 7.25. The van der Waals surface area contributed by atoms with Gasteiger partial charge in [0.2, 0.25) is 0 Å². The van der Waals surface area contributed by atoms with Gasteiger partial charge < -0.3 is 15.3 Å². The fraction of sp³-hybridized carbons (Fsp3) is 0.727. The Hall–Kier alpha value is -1.44. The van der Waals surface area contributed by atoms with Crippen molar-refractivity contribution in [3.8, 4) is 0 Å². The second-order valence-electron chi connectivity index (χ2n) is 9.84. The quantitative estimate of drug-likeness (QED) is 0.646. The van der Waals surface area contributed by atoms with Crippen LogP contribution in [0.15, 0.2) is 23.8 Å². The van der Waals surface area contributed by atoms with Gasteiger partial charge >= 0.3 is 0 Å². The van der Waals surface area contributed by atoms with Crippen LogP contribution in [0.2, 0.25) is 0 Å². The molecule has 0 bridgehead atoms. The molecule has 3 fully saturated rings. The van der Waals surface area contributed by atoms with Gasteiger partial charge in [0.25, 0.3) is 0 Å². The number of alkyl halides is 2. The lowest BCUT2D eigenvalue weighted by atomic mass is 9.44. The van der Waals surface area contributed by atoms with Crippen LogP contribution in [0.1, 0.15) is 40.0 Å². The average molecular weight is 410 g/mol. The SMILES string of the molecule is C[C@@H]1CC2C3C[C@H](F)C4=CC(=O)C=CC4(C)[C@@]3(F)C(O)CC2(C)[C@@]1(O)C(=O)CO. The van der Waals surface area contributed by atoms with Gasteiger partial charge in [-0.25, -0.2) is 8.78 Å². The topological polar surface area (TPSA) is 94.8 Å². The molecule has 5 nitrogen and oxygen atoms in total. The number of hydrogen-bond acceptors (Lipinski definition) is 5. The summed E-state index contributed by atoms with van der Waals surface area (Å²) >= 11 is 0. The van der Waals surface area contributed by atoms with Gasteiger partial charge in [0.1, 0.15) is 18.4 Å². The summed E-state index contributed by atoms with van der Waals surface area (Å²) in [4.78, 5) is 24.3. The third-order valence-electron chi connectivity index (χ3n) is 8.78. The Morgan fingerprint density at radius 1 is 1.28 bits per heavy atom. The van der Waals surface area contributed by atoms with Crippen LogP contribution in [0.5, 0.6) is 0 Å². The molecule has 0 heterocycles. The second kappa shape index (κ2) is 6.05. The van der Waals surface area contributed by atoms with E-state index in [9.17, 15) is 24.9 Å². The Balaban J connectivity index is 1.87. The summed E-state index contributed by atoms with van der Waals surface area (Å²) < 4.78 is 32.1. The summed E-state index contributed by atoms with van der Waals surface area (Å²) in [5, 5.41) is 31.9. The number of Topliss-reactive ketones (excluding diaryl/α,β-unsaturated/α-hetero) is 1. The number of fused-ring (bicyclic) bond motifs is 5. The van der Waals surface area contributed by atoms with Crippen LogP contribution in [0, 0.1) is 28.6 Å². The Morgan fingerprint density at radius 2 is 1.93 bits per heavy atom. The Kier molecular flexibility index (Phi) is 4.34.